The fraction of sp³-hybridized carbons (Fsp3) is 0.263. The van der Waals surface area contributed by atoms with Gasteiger partial charge in [-0.25, -0.2) is 17.5 Å². The maximum atomic E-state index is 12.3. The minimum absolute atomic E-state index is 0.0556. The van der Waals surface area contributed by atoms with Crippen molar-refractivity contribution >= 4 is 21.9 Å². The molecule has 8 heteroatoms. The average Bonchev–Trinajstić information content (AvgIpc) is 2.61. The van der Waals surface area contributed by atoms with Crippen LogP contribution in [0.5, 0.6) is 0 Å². The van der Waals surface area contributed by atoms with E-state index >= 15 is 0 Å². The molecular formula is C19H22N2O5S. The van der Waals surface area contributed by atoms with Gasteiger partial charge in [-0.3, -0.25) is 4.79 Å². The van der Waals surface area contributed by atoms with Gasteiger partial charge in [0, 0.05) is 14.1 Å². The molecule has 0 spiro atoms. The van der Waals surface area contributed by atoms with E-state index < -0.39 is 16.0 Å². The van der Waals surface area contributed by atoms with Gasteiger partial charge in [-0.2, -0.15) is 0 Å². The standard InChI is InChI=1S/C19H22N2O5S/c1-13(14-8-10-16(11-9-14)27(25,26)21(2)3)20-18(22)12-15-6-4-5-7-17(15)19(23)24/h4-11,13H,12H2,1-3H3,(H,20,22)(H,23,24). The first kappa shape index (κ1) is 20.6. The van der Waals surface area contributed by atoms with Gasteiger partial charge in [0.2, 0.25) is 15.9 Å². The Bertz CT molecular complexity index is 937. The normalized spacial score (nSPS) is 12.6. The molecule has 0 aliphatic rings. The van der Waals surface area contributed by atoms with Crippen LogP contribution in [0.3, 0.4) is 0 Å². The Hall–Kier alpha value is -2.71. The summed E-state index contributed by atoms with van der Waals surface area (Å²) >= 11 is 0. The van der Waals surface area contributed by atoms with Gasteiger partial charge in [0.05, 0.1) is 22.9 Å². The summed E-state index contributed by atoms with van der Waals surface area (Å²) in [6.07, 6.45) is -0.0556. The van der Waals surface area contributed by atoms with Gasteiger partial charge >= 0.3 is 5.97 Å². The van der Waals surface area contributed by atoms with E-state index in [2.05, 4.69) is 5.32 Å². The van der Waals surface area contributed by atoms with Crippen molar-refractivity contribution in [3.8, 4) is 0 Å². The summed E-state index contributed by atoms with van der Waals surface area (Å²) in [5.74, 6) is -1.40. The molecule has 7 nitrogen and oxygen atoms in total. The van der Waals surface area contributed by atoms with Crippen molar-refractivity contribution < 1.29 is 23.1 Å². The van der Waals surface area contributed by atoms with Crippen LogP contribution in [0.15, 0.2) is 53.4 Å². The monoisotopic (exact) mass is 390 g/mol. The van der Waals surface area contributed by atoms with Crippen molar-refractivity contribution in [2.24, 2.45) is 0 Å². The SMILES string of the molecule is CC(NC(=O)Cc1ccccc1C(=O)O)c1ccc(S(=O)(=O)N(C)C)cc1. The van der Waals surface area contributed by atoms with Crippen LogP contribution in [0.2, 0.25) is 0 Å². The van der Waals surface area contributed by atoms with Gasteiger partial charge in [-0.15, -0.1) is 0 Å². The van der Waals surface area contributed by atoms with Crippen molar-refractivity contribution in [1.82, 2.24) is 9.62 Å². The molecule has 2 N–H and O–H groups in total. The second kappa shape index (κ2) is 8.32. The molecule has 0 aliphatic heterocycles. The van der Waals surface area contributed by atoms with E-state index in [1.165, 1.54) is 32.3 Å². The molecule has 2 aromatic rings. The molecule has 1 unspecified atom stereocenters. The molecule has 0 saturated heterocycles. The molecule has 0 bridgehead atoms. The lowest BCUT2D eigenvalue weighted by atomic mass is 10.0. The number of nitrogens with zero attached hydrogens (tertiary/aromatic N) is 1. The number of benzene rings is 2. The zero-order valence-corrected chi connectivity index (χ0v) is 16.2. The van der Waals surface area contributed by atoms with E-state index in [9.17, 15) is 23.1 Å². The average molecular weight is 390 g/mol. The summed E-state index contributed by atoms with van der Waals surface area (Å²) < 4.78 is 25.3. The summed E-state index contributed by atoms with van der Waals surface area (Å²) in [4.78, 5) is 23.7. The Morgan fingerprint density at radius 2 is 1.67 bits per heavy atom. The fourth-order valence-corrected chi connectivity index (χ4v) is 3.47. The van der Waals surface area contributed by atoms with Gasteiger partial charge in [-0.05, 0) is 36.2 Å². The number of amides is 1. The molecule has 144 valence electrons. The molecule has 0 saturated carbocycles. The third-order valence-electron chi connectivity index (χ3n) is 4.13. The van der Waals surface area contributed by atoms with Gasteiger partial charge in [0.25, 0.3) is 0 Å². The number of aromatic carboxylic acids is 1. The Morgan fingerprint density at radius 1 is 1.07 bits per heavy atom. The first-order valence-corrected chi connectivity index (χ1v) is 9.70. The summed E-state index contributed by atoms with van der Waals surface area (Å²) in [6.45, 7) is 1.77. The van der Waals surface area contributed by atoms with E-state index in [0.717, 1.165) is 9.87 Å². The number of hydrogen-bond donors (Lipinski definition) is 2. The molecule has 0 radical (unpaired) electrons. The molecular weight excluding hydrogens is 368 g/mol. The second-order valence-electron chi connectivity index (χ2n) is 6.28. The fourth-order valence-electron chi connectivity index (χ4n) is 2.57. The number of carboxylic acid groups (broad SMARTS) is 1. The maximum absolute atomic E-state index is 12.3. The Labute approximate surface area is 158 Å². The molecule has 0 aliphatic carbocycles. The zero-order chi connectivity index (χ0) is 20.2. The number of carbonyl (C=O) groups excluding carboxylic acids is 1. The van der Waals surface area contributed by atoms with Crippen molar-refractivity contribution in [3.63, 3.8) is 0 Å². The summed E-state index contributed by atoms with van der Waals surface area (Å²) in [5.41, 5.74) is 1.27. The Morgan fingerprint density at radius 3 is 2.22 bits per heavy atom. The van der Waals surface area contributed by atoms with E-state index in [0.29, 0.717) is 5.56 Å². The van der Waals surface area contributed by atoms with Crippen LogP contribution in [0.4, 0.5) is 0 Å². The molecule has 2 aromatic carbocycles. The lowest BCUT2D eigenvalue weighted by Gasteiger charge is -2.16. The Balaban J connectivity index is 2.08. The highest BCUT2D eigenvalue weighted by molar-refractivity contribution is 7.89. The quantitative estimate of drug-likeness (QED) is 0.753. The first-order chi connectivity index (χ1) is 12.6. The lowest BCUT2D eigenvalue weighted by Crippen LogP contribution is -2.28. The molecule has 0 heterocycles. The van der Waals surface area contributed by atoms with Crippen LogP contribution in [-0.2, 0) is 21.2 Å². The minimum Gasteiger partial charge on any atom is -0.478 e. The third-order valence-corrected chi connectivity index (χ3v) is 5.96. The van der Waals surface area contributed by atoms with E-state index in [1.54, 1.807) is 37.3 Å². The molecule has 0 aromatic heterocycles. The summed E-state index contributed by atoms with van der Waals surface area (Å²) in [6, 6.07) is 12.3. The number of carbonyl (C=O) groups is 2. The molecule has 27 heavy (non-hydrogen) atoms. The smallest absolute Gasteiger partial charge is 0.335 e. The molecule has 1 atom stereocenters. The highest BCUT2D eigenvalue weighted by Crippen LogP contribution is 2.18. The van der Waals surface area contributed by atoms with Crippen molar-refractivity contribution in [2.75, 3.05) is 14.1 Å². The number of rotatable bonds is 7. The maximum Gasteiger partial charge on any atom is 0.335 e. The topological polar surface area (TPSA) is 104 Å². The van der Waals surface area contributed by atoms with Crippen molar-refractivity contribution in [3.05, 3.63) is 65.2 Å². The van der Waals surface area contributed by atoms with Crippen LogP contribution in [-0.4, -0.2) is 43.8 Å². The van der Waals surface area contributed by atoms with E-state index in [-0.39, 0.29) is 28.8 Å². The second-order valence-corrected chi connectivity index (χ2v) is 8.44. The number of sulfonamides is 1. The third kappa shape index (κ3) is 4.93. The van der Waals surface area contributed by atoms with Crippen molar-refractivity contribution in [2.45, 2.75) is 24.3 Å². The highest BCUT2D eigenvalue weighted by atomic mass is 32.2. The van der Waals surface area contributed by atoms with Crippen LogP contribution in [0, 0.1) is 0 Å². The van der Waals surface area contributed by atoms with Crippen LogP contribution >= 0.6 is 0 Å². The number of carboxylic acids is 1. The van der Waals surface area contributed by atoms with E-state index in [4.69, 9.17) is 0 Å². The molecule has 1 amide bonds. The van der Waals surface area contributed by atoms with Crippen LogP contribution in [0.25, 0.3) is 0 Å². The predicted molar refractivity (Wildman–Crippen MR) is 101 cm³/mol. The minimum atomic E-state index is -3.51. The Kier molecular flexibility index (Phi) is 6.35. The largest absolute Gasteiger partial charge is 0.478 e. The highest BCUT2D eigenvalue weighted by Gasteiger charge is 2.18. The van der Waals surface area contributed by atoms with Crippen LogP contribution in [0.1, 0.15) is 34.5 Å². The summed E-state index contributed by atoms with van der Waals surface area (Å²) in [5, 5.41) is 12.0. The summed E-state index contributed by atoms with van der Waals surface area (Å²) in [7, 11) is -0.587. The van der Waals surface area contributed by atoms with Crippen LogP contribution < -0.4 is 5.32 Å². The number of nitrogens with one attached hydrogen (secondary N) is 1. The first-order valence-electron chi connectivity index (χ1n) is 8.26. The lowest BCUT2D eigenvalue weighted by molar-refractivity contribution is -0.121. The molecule has 2 rings (SSSR count). The predicted octanol–water partition coefficient (Wildman–Crippen LogP) is 2.06. The zero-order valence-electron chi connectivity index (χ0n) is 15.3. The van der Waals surface area contributed by atoms with Crippen molar-refractivity contribution in [1.29, 1.82) is 0 Å². The van der Waals surface area contributed by atoms with Gasteiger partial charge < -0.3 is 10.4 Å². The van der Waals surface area contributed by atoms with E-state index in [1.807, 2.05) is 0 Å². The van der Waals surface area contributed by atoms with Gasteiger partial charge in [-0.1, -0.05) is 30.3 Å². The van der Waals surface area contributed by atoms with Gasteiger partial charge in [0.1, 0.15) is 0 Å². The molecule has 0 fully saturated rings. The number of hydrogen-bond acceptors (Lipinski definition) is 4. The van der Waals surface area contributed by atoms with Gasteiger partial charge in [0.15, 0.2) is 0 Å².